The molecule has 0 aromatic heterocycles. The van der Waals surface area contributed by atoms with Crippen LogP contribution in [0, 0.1) is 0 Å². The van der Waals surface area contributed by atoms with Crippen LogP contribution in [-0.2, 0) is 4.79 Å². The predicted molar refractivity (Wildman–Crippen MR) is 114 cm³/mol. The van der Waals surface area contributed by atoms with Gasteiger partial charge in [0.15, 0.2) is 0 Å². The highest BCUT2D eigenvalue weighted by molar-refractivity contribution is 6.30. The summed E-state index contributed by atoms with van der Waals surface area (Å²) in [5.74, 6) is 0.553. The fraction of sp³-hybridized carbons (Fsp3) is 0.174. The molecule has 0 heterocycles. The first-order valence-corrected chi connectivity index (χ1v) is 9.46. The Labute approximate surface area is 170 Å². The zero-order valence-corrected chi connectivity index (χ0v) is 16.6. The van der Waals surface area contributed by atoms with E-state index in [9.17, 15) is 4.79 Å². The molecule has 4 nitrogen and oxygen atoms in total. The summed E-state index contributed by atoms with van der Waals surface area (Å²) in [4.78, 5) is 13.1. The van der Waals surface area contributed by atoms with E-state index in [1.165, 1.54) is 0 Å². The molecule has 0 spiro atoms. The smallest absolute Gasteiger partial charge is 0.246 e. The van der Waals surface area contributed by atoms with Gasteiger partial charge >= 0.3 is 0 Å². The summed E-state index contributed by atoms with van der Waals surface area (Å²) in [6, 6.07) is 24.0. The summed E-state index contributed by atoms with van der Waals surface area (Å²) in [6.45, 7) is 2.03. The molecule has 3 aromatic rings. The van der Waals surface area contributed by atoms with Crippen LogP contribution in [0.2, 0.25) is 5.02 Å². The van der Waals surface area contributed by atoms with Gasteiger partial charge < -0.3 is 10.1 Å². The normalized spacial score (nSPS) is 12.8. The van der Waals surface area contributed by atoms with Gasteiger partial charge in [-0.3, -0.25) is 10.1 Å². The predicted octanol–water partition coefficient (Wildman–Crippen LogP) is 5.38. The summed E-state index contributed by atoms with van der Waals surface area (Å²) < 4.78 is 5.24. The fourth-order valence-electron chi connectivity index (χ4n) is 2.98. The maximum absolute atomic E-state index is 13.1. The zero-order chi connectivity index (χ0) is 19.9. The van der Waals surface area contributed by atoms with Crippen molar-refractivity contribution in [3.05, 3.63) is 95.0 Å². The van der Waals surface area contributed by atoms with E-state index in [0.717, 1.165) is 11.1 Å². The van der Waals surface area contributed by atoms with Crippen LogP contribution in [0.25, 0.3) is 0 Å². The molecule has 0 aliphatic carbocycles. The fourth-order valence-corrected chi connectivity index (χ4v) is 3.11. The Morgan fingerprint density at radius 3 is 2.32 bits per heavy atom. The molecule has 0 unspecified atom stereocenters. The van der Waals surface area contributed by atoms with E-state index in [-0.39, 0.29) is 11.9 Å². The highest BCUT2D eigenvalue weighted by Gasteiger charge is 2.23. The van der Waals surface area contributed by atoms with E-state index in [4.69, 9.17) is 16.3 Å². The Bertz CT molecular complexity index is 913. The number of benzene rings is 3. The molecule has 144 valence electrons. The quantitative estimate of drug-likeness (QED) is 0.565. The van der Waals surface area contributed by atoms with Gasteiger partial charge in [-0.15, -0.1) is 0 Å². The van der Waals surface area contributed by atoms with Gasteiger partial charge in [-0.2, -0.15) is 0 Å². The Balaban J connectivity index is 1.82. The molecule has 0 bridgehead atoms. The minimum atomic E-state index is -0.516. The standard InChI is InChI=1S/C23H23ClN2O2/c1-16(17-11-13-19(24)14-12-17)25-22(18-7-4-3-5-8-18)23(27)26-20-9-6-10-21(15-20)28-2/h3-16,22,25H,1-2H3,(H,26,27)/t16-,22-/m1/s1. The van der Waals surface area contributed by atoms with Gasteiger partial charge in [-0.25, -0.2) is 0 Å². The van der Waals surface area contributed by atoms with Crippen molar-refractivity contribution >= 4 is 23.2 Å². The van der Waals surface area contributed by atoms with Crippen molar-refractivity contribution in [3.63, 3.8) is 0 Å². The Kier molecular flexibility index (Phi) is 6.69. The third-order valence-electron chi connectivity index (χ3n) is 4.52. The number of carbonyl (C=O) groups is 1. The topological polar surface area (TPSA) is 50.4 Å². The second kappa shape index (κ2) is 9.40. The van der Waals surface area contributed by atoms with Gasteiger partial charge in [-0.05, 0) is 42.3 Å². The number of anilines is 1. The summed E-state index contributed by atoms with van der Waals surface area (Å²) in [7, 11) is 1.60. The highest BCUT2D eigenvalue weighted by atomic mass is 35.5. The third-order valence-corrected chi connectivity index (χ3v) is 4.77. The SMILES string of the molecule is COc1cccc(NC(=O)[C@H](N[C@H](C)c2ccc(Cl)cc2)c2ccccc2)c1. The molecule has 3 rings (SSSR count). The van der Waals surface area contributed by atoms with Gasteiger partial charge in [0, 0.05) is 22.8 Å². The molecule has 0 saturated carbocycles. The zero-order valence-electron chi connectivity index (χ0n) is 15.9. The number of hydrogen-bond acceptors (Lipinski definition) is 3. The van der Waals surface area contributed by atoms with Crippen molar-refractivity contribution in [3.8, 4) is 5.75 Å². The van der Waals surface area contributed by atoms with Gasteiger partial charge in [0.25, 0.3) is 0 Å². The Morgan fingerprint density at radius 1 is 0.929 bits per heavy atom. The lowest BCUT2D eigenvalue weighted by atomic mass is 10.0. The number of amides is 1. The number of methoxy groups -OCH3 is 1. The van der Waals surface area contributed by atoms with Crippen LogP contribution in [0.1, 0.15) is 30.1 Å². The van der Waals surface area contributed by atoms with E-state index in [0.29, 0.717) is 16.5 Å². The molecule has 0 radical (unpaired) electrons. The number of rotatable bonds is 7. The number of ether oxygens (including phenoxy) is 1. The summed E-state index contributed by atoms with van der Waals surface area (Å²) in [5.41, 5.74) is 2.63. The van der Waals surface area contributed by atoms with Gasteiger partial charge in [0.1, 0.15) is 11.8 Å². The van der Waals surface area contributed by atoms with Crippen LogP contribution < -0.4 is 15.4 Å². The Morgan fingerprint density at radius 2 is 1.64 bits per heavy atom. The lowest BCUT2D eigenvalue weighted by molar-refractivity contribution is -0.118. The second-order valence-electron chi connectivity index (χ2n) is 6.50. The van der Waals surface area contributed by atoms with Crippen molar-refractivity contribution in [2.45, 2.75) is 19.0 Å². The minimum Gasteiger partial charge on any atom is -0.497 e. The highest BCUT2D eigenvalue weighted by Crippen LogP contribution is 2.24. The maximum atomic E-state index is 13.1. The van der Waals surface area contributed by atoms with Gasteiger partial charge in [-0.1, -0.05) is 60.1 Å². The van der Waals surface area contributed by atoms with Crippen molar-refractivity contribution in [2.24, 2.45) is 0 Å². The van der Waals surface area contributed by atoms with E-state index >= 15 is 0 Å². The number of nitrogens with one attached hydrogen (secondary N) is 2. The molecule has 1 amide bonds. The molecule has 28 heavy (non-hydrogen) atoms. The molecule has 5 heteroatoms. The van der Waals surface area contributed by atoms with E-state index in [1.54, 1.807) is 13.2 Å². The molecule has 0 saturated heterocycles. The summed E-state index contributed by atoms with van der Waals surface area (Å²) in [6.07, 6.45) is 0. The number of carbonyl (C=O) groups excluding carboxylic acids is 1. The third kappa shape index (κ3) is 5.12. The number of hydrogen-bond donors (Lipinski definition) is 2. The van der Waals surface area contributed by atoms with Gasteiger partial charge in [0.05, 0.1) is 7.11 Å². The molecule has 3 aromatic carbocycles. The van der Waals surface area contributed by atoms with E-state index in [1.807, 2.05) is 79.7 Å². The molecule has 2 N–H and O–H groups in total. The average Bonchev–Trinajstić information content (AvgIpc) is 2.73. The summed E-state index contributed by atoms with van der Waals surface area (Å²) >= 11 is 5.99. The van der Waals surface area contributed by atoms with Crippen LogP contribution in [-0.4, -0.2) is 13.0 Å². The average molecular weight is 395 g/mol. The van der Waals surface area contributed by atoms with Crippen LogP contribution in [0.3, 0.4) is 0 Å². The van der Waals surface area contributed by atoms with Crippen molar-refractivity contribution in [1.82, 2.24) is 5.32 Å². The monoisotopic (exact) mass is 394 g/mol. The summed E-state index contributed by atoms with van der Waals surface area (Å²) in [5, 5.41) is 7.10. The van der Waals surface area contributed by atoms with E-state index in [2.05, 4.69) is 10.6 Å². The van der Waals surface area contributed by atoms with Crippen LogP contribution in [0.5, 0.6) is 5.75 Å². The van der Waals surface area contributed by atoms with Crippen molar-refractivity contribution in [1.29, 1.82) is 0 Å². The maximum Gasteiger partial charge on any atom is 0.246 e. The lowest BCUT2D eigenvalue weighted by Gasteiger charge is -2.24. The number of halogens is 1. The molecular formula is C23H23ClN2O2. The second-order valence-corrected chi connectivity index (χ2v) is 6.94. The van der Waals surface area contributed by atoms with Gasteiger partial charge in [0.2, 0.25) is 5.91 Å². The first kappa shape index (κ1) is 19.9. The molecular weight excluding hydrogens is 372 g/mol. The molecule has 0 aliphatic rings. The molecule has 2 atom stereocenters. The van der Waals surface area contributed by atoms with Crippen molar-refractivity contribution in [2.75, 3.05) is 12.4 Å². The largest absolute Gasteiger partial charge is 0.497 e. The molecule has 0 fully saturated rings. The van der Waals surface area contributed by atoms with Crippen LogP contribution in [0.4, 0.5) is 5.69 Å². The molecule has 0 aliphatic heterocycles. The lowest BCUT2D eigenvalue weighted by Crippen LogP contribution is -2.34. The first-order valence-electron chi connectivity index (χ1n) is 9.08. The first-order chi connectivity index (χ1) is 13.6. The van der Waals surface area contributed by atoms with Crippen LogP contribution >= 0.6 is 11.6 Å². The Hall–Kier alpha value is -2.82. The van der Waals surface area contributed by atoms with Crippen LogP contribution in [0.15, 0.2) is 78.9 Å². The van der Waals surface area contributed by atoms with E-state index < -0.39 is 6.04 Å². The van der Waals surface area contributed by atoms with Crippen molar-refractivity contribution < 1.29 is 9.53 Å². The minimum absolute atomic E-state index is 0.0430.